The van der Waals surface area contributed by atoms with Gasteiger partial charge in [0, 0.05) is 30.1 Å². The molecular formula is C31H33N3O3. The van der Waals surface area contributed by atoms with E-state index in [0.29, 0.717) is 38.3 Å². The van der Waals surface area contributed by atoms with E-state index in [1.807, 2.05) is 65.7 Å². The van der Waals surface area contributed by atoms with E-state index >= 15 is 0 Å². The van der Waals surface area contributed by atoms with Gasteiger partial charge in [0.05, 0.1) is 18.7 Å². The number of para-hydroxylation sites is 2. The topological polar surface area (TPSA) is 74.4 Å². The highest BCUT2D eigenvalue weighted by atomic mass is 16.5. The maximum Gasteiger partial charge on any atom is 0.227 e. The van der Waals surface area contributed by atoms with Crippen LogP contribution in [0.3, 0.4) is 0 Å². The molecule has 1 atom stereocenters. The number of carbonyl (C=O) groups is 2. The number of benzene rings is 3. The first-order chi connectivity index (χ1) is 18.1. The fourth-order valence-corrected chi connectivity index (χ4v) is 5.12. The molecule has 190 valence electrons. The molecule has 0 aliphatic carbocycles. The molecule has 0 fully saturated rings. The van der Waals surface area contributed by atoms with Crippen LogP contribution in [0.2, 0.25) is 0 Å². The molecule has 1 aliphatic heterocycles. The second-order valence-electron chi connectivity index (χ2n) is 9.66. The predicted octanol–water partition coefficient (Wildman–Crippen LogP) is 5.38. The van der Waals surface area contributed by atoms with Crippen LogP contribution in [0.25, 0.3) is 10.9 Å². The Kier molecular flexibility index (Phi) is 7.54. The van der Waals surface area contributed by atoms with Gasteiger partial charge in [-0.05, 0) is 47.6 Å². The highest BCUT2D eigenvalue weighted by molar-refractivity contribution is 5.96. The summed E-state index contributed by atoms with van der Waals surface area (Å²) in [5, 5.41) is 4.02. The highest BCUT2D eigenvalue weighted by Crippen LogP contribution is 2.37. The van der Waals surface area contributed by atoms with Crippen LogP contribution in [0.15, 0.2) is 79.0 Å². The van der Waals surface area contributed by atoms with Gasteiger partial charge >= 0.3 is 0 Å². The van der Waals surface area contributed by atoms with Crippen molar-refractivity contribution >= 4 is 28.4 Å². The van der Waals surface area contributed by atoms with Gasteiger partial charge in [0.2, 0.25) is 11.8 Å². The molecule has 6 heteroatoms. The van der Waals surface area contributed by atoms with Crippen LogP contribution in [0.4, 0.5) is 5.69 Å². The van der Waals surface area contributed by atoms with Crippen LogP contribution in [0, 0.1) is 0 Å². The minimum atomic E-state index is -0.0462. The summed E-state index contributed by atoms with van der Waals surface area (Å²) in [6, 6.07) is 24.1. The SMILES string of the molecule is CC(CC(=O)N1CCCc2cccc(OCCNC(=O)Cc3c[nH]c4ccccc34)c21)c1ccccc1. The van der Waals surface area contributed by atoms with Crippen molar-refractivity contribution in [2.24, 2.45) is 0 Å². The summed E-state index contributed by atoms with van der Waals surface area (Å²) in [4.78, 5) is 31.0. The van der Waals surface area contributed by atoms with Gasteiger partial charge in [0.15, 0.2) is 0 Å². The molecule has 0 saturated carbocycles. The number of hydrogen-bond donors (Lipinski definition) is 2. The molecule has 3 aromatic carbocycles. The smallest absolute Gasteiger partial charge is 0.227 e. The van der Waals surface area contributed by atoms with Crippen molar-refractivity contribution in [1.29, 1.82) is 0 Å². The average Bonchev–Trinajstić information content (AvgIpc) is 3.33. The van der Waals surface area contributed by atoms with Gasteiger partial charge in [-0.15, -0.1) is 0 Å². The number of anilines is 1. The Labute approximate surface area is 217 Å². The molecule has 1 aromatic heterocycles. The number of nitrogens with one attached hydrogen (secondary N) is 2. The van der Waals surface area contributed by atoms with Crippen molar-refractivity contribution in [3.63, 3.8) is 0 Å². The summed E-state index contributed by atoms with van der Waals surface area (Å²) in [5.41, 5.74) is 5.18. The first kappa shape index (κ1) is 24.6. The summed E-state index contributed by atoms with van der Waals surface area (Å²) < 4.78 is 6.12. The number of aromatic amines is 1. The molecule has 0 spiro atoms. The maximum atomic E-state index is 13.4. The molecule has 0 bridgehead atoms. The molecule has 1 unspecified atom stereocenters. The first-order valence-electron chi connectivity index (χ1n) is 13.0. The summed E-state index contributed by atoms with van der Waals surface area (Å²) >= 11 is 0. The number of fused-ring (bicyclic) bond motifs is 2. The zero-order chi connectivity index (χ0) is 25.6. The minimum Gasteiger partial charge on any atom is -0.490 e. The van der Waals surface area contributed by atoms with Crippen LogP contribution in [-0.4, -0.2) is 36.5 Å². The Hall–Kier alpha value is -4.06. The lowest BCUT2D eigenvalue weighted by atomic mass is 9.95. The Morgan fingerprint density at radius 1 is 1.03 bits per heavy atom. The van der Waals surface area contributed by atoms with Crippen molar-refractivity contribution in [2.45, 2.75) is 38.5 Å². The fraction of sp³-hybridized carbons (Fsp3) is 0.290. The largest absolute Gasteiger partial charge is 0.490 e. The van der Waals surface area contributed by atoms with Gasteiger partial charge in [0.25, 0.3) is 0 Å². The Morgan fingerprint density at radius 2 is 1.84 bits per heavy atom. The van der Waals surface area contributed by atoms with E-state index < -0.39 is 0 Å². The Morgan fingerprint density at radius 3 is 2.70 bits per heavy atom. The quantitative estimate of drug-likeness (QED) is 0.306. The van der Waals surface area contributed by atoms with Crippen LogP contribution in [0.5, 0.6) is 5.75 Å². The number of rotatable bonds is 9. The molecule has 2 N–H and O–H groups in total. The fourth-order valence-electron chi connectivity index (χ4n) is 5.12. The van der Waals surface area contributed by atoms with Gasteiger partial charge in [-0.25, -0.2) is 0 Å². The molecule has 37 heavy (non-hydrogen) atoms. The number of H-pyrrole nitrogens is 1. The van der Waals surface area contributed by atoms with Crippen molar-refractivity contribution in [3.8, 4) is 5.75 Å². The van der Waals surface area contributed by atoms with Crippen LogP contribution >= 0.6 is 0 Å². The summed E-state index contributed by atoms with van der Waals surface area (Å²) in [7, 11) is 0. The van der Waals surface area contributed by atoms with Crippen molar-refractivity contribution in [1.82, 2.24) is 10.3 Å². The zero-order valence-corrected chi connectivity index (χ0v) is 21.2. The summed E-state index contributed by atoms with van der Waals surface area (Å²) in [5.74, 6) is 0.902. The number of aryl methyl sites for hydroxylation is 1. The zero-order valence-electron chi connectivity index (χ0n) is 21.2. The van der Waals surface area contributed by atoms with Crippen molar-refractivity contribution < 1.29 is 14.3 Å². The van der Waals surface area contributed by atoms with Crippen LogP contribution in [0.1, 0.15) is 42.4 Å². The number of nitrogens with zero attached hydrogens (tertiary/aromatic N) is 1. The van der Waals surface area contributed by atoms with Gasteiger partial charge in [-0.2, -0.15) is 0 Å². The average molecular weight is 496 g/mol. The number of aromatic nitrogens is 1. The second-order valence-corrected chi connectivity index (χ2v) is 9.66. The van der Waals surface area contributed by atoms with E-state index in [4.69, 9.17) is 4.74 Å². The molecule has 6 nitrogen and oxygen atoms in total. The van der Waals surface area contributed by atoms with E-state index in [2.05, 4.69) is 35.4 Å². The molecule has 4 aromatic rings. The number of ether oxygens (including phenoxy) is 1. The second kappa shape index (κ2) is 11.3. The van der Waals surface area contributed by atoms with Crippen molar-refractivity contribution in [3.05, 3.63) is 95.7 Å². The first-order valence-corrected chi connectivity index (χ1v) is 13.0. The third-order valence-corrected chi connectivity index (χ3v) is 7.04. The number of carbonyl (C=O) groups excluding carboxylic acids is 2. The third kappa shape index (κ3) is 5.69. The number of hydrogen-bond acceptors (Lipinski definition) is 3. The lowest BCUT2D eigenvalue weighted by Crippen LogP contribution is -2.36. The van der Waals surface area contributed by atoms with E-state index in [-0.39, 0.29) is 17.7 Å². The normalized spacial score (nSPS) is 13.7. The van der Waals surface area contributed by atoms with E-state index in [1.54, 1.807) is 0 Å². The van der Waals surface area contributed by atoms with Gasteiger partial charge in [0.1, 0.15) is 12.4 Å². The maximum absolute atomic E-state index is 13.4. The van der Waals surface area contributed by atoms with E-state index in [9.17, 15) is 9.59 Å². The number of amides is 2. The monoisotopic (exact) mass is 495 g/mol. The molecule has 2 heterocycles. The van der Waals surface area contributed by atoms with E-state index in [1.165, 1.54) is 5.56 Å². The summed E-state index contributed by atoms with van der Waals surface area (Å²) in [6.45, 7) is 3.51. The third-order valence-electron chi connectivity index (χ3n) is 7.04. The van der Waals surface area contributed by atoms with E-state index in [0.717, 1.165) is 40.6 Å². The Bertz CT molecular complexity index is 1380. The van der Waals surface area contributed by atoms with Gasteiger partial charge in [-0.1, -0.05) is 67.6 Å². The lowest BCUT2D eigenvalue weighted by molar-refractivity contribution is -0.120. The molecule has 2 amide bonds. The van der Waals surface area contributed by atoms with Crippen LogP contribution < -0.4 is 15.0 Å². The predicted molar refractivity (Wildman–Crippen MR) is 147 cm³/mol. The lowest BCUT2D eigenvalue weighted by Gasteiger charge is -2.32. The highest BCUT2D eigenvalue weighted by Gasteiger charge is 2.27. The summed E-state index contributed by atoms with van der Waals surface area (Å²) in [6.07, 6.45) is 4.51. The Balaban J connectivity index is 1.19. The van der Waals surface area contributed by atoms with Crippen molar-refractivity contribution in [2.75, 3.05) is 24.6 Å². The minimum absolute atomic E-state index is 0.0462. The molecule has 0 saturated heterocycles. The molecular weight excluding hydrogens is 462 g/mol. The van der Waals surface area contributed by atoms with Gasteiger partial charge in [-0.3, -0.25) is 9.59 Å². The standard InChI is InChI=1S/C31H33N3O3/c1-22(23-9-3-2-4-10-23)19-30(36)34-17-8-12-24-11-7-15-28(31(24)34)37-18-16-32-29(35)20-25-21-33-27-14-6-5-13-26(25)27/h2-7,9-11,13-15,21-22,33H,8,12,16-20H2,1H3,(H,32,35). The molecule has 0 radical (unpaired) electrons. The molecule has 5 rings (SSSR count). The van der Waals surface area contributed by atoms with Crippen LogP contribution in [-0.2, 0) is 22.4 Å². The molecule has 1 aliphatic rings. The van der Waals surface area contributed by atoms with Gasteiger partial charge < -0.3 is 19.9 Å².